The maximum Gasteiger partial charge on any atom is 0.257 e. The van der Waals surface area contributed by atoms with E-state index in [4.69, 9.17) is 0 Å². The molecule has 2 amide bonds. The quantitative estimate of drug-likeness (QED) is 0.900. The van der Waals surface area contributed by atoms with Crippen LogP contribution in [0.25, 0.3) is 0 Å². The van der Waals surface area contributed by atoms with E-state index in [9.17, 15) is 14.0 Å². The Bertz CT molecular complexity index is 912. The van der Waals surface area contributed by atoms with Crippen LogP contribution in [0.3, 0.4) is 0 Å². The number of fused-ring (bicyclic) bond motifs is 2. The third-order valence-corrected chi connectivity index (χ3v) is 5.22. The van der Waals surface area contributed by atoms with Crippen LogP contribution >= 0.6 is 0 Å². The third kappa shape index (κ3) is 2.62. The Kier molecular flexibility index (Phi) is 3.90. The summed E-state index contributed by atoms with van der Waals surface area (Å²) < 4.78 is 13.4. The molecule has 0 spiro atoms. The van der Waals surface area contributed by atoms with E-state index >= 15 is 0 Å². The van der Waals surface area contributed by atoms with E-state index in [0.29, 0.717) is 22.4 Å². The van der Waals surface area contributed by atoms with Crippen molar-refractivity contribution in [3.8, 4) is 0 Å². The second kappa shape index (κ2) is 6.12. The van der Waals surface area contributed by atoms with E-state index in [1.165, 1.54) is 12.1 Å². The van der Waals surface area contributed by atoms with E-state index in [-0.39, 0.29) is 23.8 Å². The van der Waals surface area contributed by atoms with Crippen LogP contribution in [-0.2, 0) is 0 Å². The highest BCUT2D eigenvalue weighted by Crippen LogP contribution is 2.35. The van der Waals surface area contributed by atoms with Crippen molar-refractivity contribution < 1.29 is 14.0 Å². The van der Waals surface area contributed by atoms with Crippen molar-refractivity contribution in [2.45, 2.75) is 25.9 Å². The highest BCUT2D eigenvalue weighted by atomic mass is 19.1. The van der Waals surface area contributed by atoms with Crippen LogP contribution in [-0.4, -0.2) is 36.5 Å². The lowest BCUT2D eigenvalue weighted by Crippen LogP contribution is -2.50. The van der Waals surface area contributed by atoms with Gasteiger partial charge in [0.15, 0.2) is 0 Å². The summed E-state index contributed by atoms with van der Waals surface area (Å²) in [7, 11) is 1.96. The van der Waals surface area contributed by atoms with Crippen molar-refractivity contribution in [2.24, 2.45) is 0 Å². The van der Waals surface area contributed by atoms with Gasteiger partial charge in [0.2, 0.25) is 0 Å². The smallest absolute Gasteiger partial charge is 0.257 e. The van der Waals surface area contributed by atoms with Crippen LogP contribution in [0.5, 0.6) is 0 Å². The van der Waals surface area contributed by atoms with Gasteiger partial charge in [0.25, 0.3) is 11.8 Å². The minimum absolute atomic E-state index is 0.0294. The fourth-order valence-corrected chi connectivity index (χ4v) is 3.78. The number of anilines is 2. The molecule has 1 atom stereocenters. The van der Waals surface area contributed by atoms with Crippen LogP contribution < -0.4 is 10.2 Å². The maximum absolute atomic E-state index is 13.4. The number of hydrogen-bond donors (Lipinski definition) is 1. The van der Waals surface area contributed by atoms with Gasteiger partial charge >= 0.3 is 0 Å². The molecule has 4 rings (SSSR count). The van der Waals surface area contributed by atoms with Crippen molar-refractivity contribution in [3.05, 3.63) is 58.9 Å². The highest BCUT2D eigenvalue weighted by Gasteiger charge is 2.38. The lowest BCUT2D eigenvalue weighted by atomic mass is 10.0. The van der Waals surface area contributed by atoms with Gasteiger partial charge in [-0.25, -0.2) is 4.39 Å². The molecule has 134 valence electrons. The zero-order valence-electron chi connectivity index (χ0n) is 14.8. The fraction of sp³-hybridized carbons (Fsp3) is 0.300. The molecule has 1 N–H and O–H groups in total. The van der Waals surface area contributed by atoms with Crippen molar-refractivity contribution in [2.75, 3.05) is 23.8 Å². The molecular weight excluding hydrogens is 333 g/mol. The number of hydrogen-bond acceptors (Lipinski definition) is 3. The molecule has 1 unspecified atom stereocenters. The molecule has 2 heterocycles. The van der Waals surface area contributed by atoms with Crippen molar-refractivity contribution >= 4 is 23.2 Å². The summed E-state index contributed by atoms with van der Waals surface area (Å²) in [6, 6.07) is 9.59. The number of aryl methyl sites for hydroxylation is 1. The lowest BCUT2D eigenvalue weighted by Gasteiger charge is -2.40. The molecule has 2 aromatic carbocycles. The molecule has 0 aromatic heterocycles. The van der Waals surface area contributed by atoms with Gasteiger partial charge in [-0.2, -0.15) is 0 Å². The van der Waals surface area contributed by atoms with Crippen LogP contribution in [0.2, 0.25) is 0 Å². The molecule has 6 heteroatoms. The highest BCUT2D eigenvalue weighted by molar-refractivity contribution is 6.08. The summed E-state index contributed by atoms with van der Waals surface area (Å²) >= 11 is 0. The monoisotopic (exact) mass is 353 g/mol. The van der Waals surface area contributed by atoms with E-state index < -0.39 is 0 Å². The molecule has 1 saturated heterocycles. The van der Waals surface area contributed by atoms with Crippen molar-refractivity contribution in [3.63, 3.8) is 0 Å². The summed E-state index contributed by atoms with van der Waals surface area (Å²) in [6.45, 7) is 2.43. The van der Waals surface area contributed by atoms with Crippen LogP contribution in [0.4, 0.5) is 15.8 Å². The van der Waals surface area contributed by atoms with Gasteiger partial charge in [0, 0.05) is 24.8 Å². The minimum atomic E-state index is -0.307. The number of carbonyl (C=O) groups excluding carboxylic acids is 2. The van der Waals surface area contributed by atoms with Crippen molar-refractivity contribution in [1.29, 1.82) is 0 Å². The molecule has 2 aliphatic heterocycles. The number of amides is 2. The Morgan fingerprint density at radius 3 is 2.81 bits per heavy atom. The van der Waals surface area contributed by atoms with Gasteiger partial charge in [0.05, 0.1) is 11.3 Å². The van der Waals surface area contributed by atoms with E-state index in [0.717, 1.165) is 25.1 Å². The molecule has 5 nitrogen and oxygen atoms in total. The molecule has 0 aliphatic carbocycles. The summed E-state index contributed by atoms with van der Waals surface area (Å²) in [5.74, 6) is -0.562. The predicted molar refractivity (Wildman–Crippen MR) is 98.0 cm³/mol. The van der Waals surface area contributed by atoms with E-state index in [1.807, 2.05) is 11.9 Å². The Balaban J connectivity index is 1.62. The standard InChI is InChI=1S/C20H20FN3O2/c1-12-10-14(6-8-16(12)21)22-19(25)13-5-7-15-17(11-13)23(2)18-4-3-9-24(18)20(15)26/h5-8,10-11,18H,3-4,9H2,1-2H3,(H,22,25). The van der Waals surface area contributed by atoms with Gasteiger partial charge in [-0.1, -0.05) is 0 Å². The first-order chi connectivity index (χ1) is 12.5. The summed E-state index contributed by atoms with van der Waals surface area (Å²) in [5.41, 5.74) is 2.88. The first kappa shape index (κ1) is 16.6. The topological polar surface area (TPSA) is 52.7 Å². The minimum Gasteiger partial charge on any atom is -0.354 e. The SMILES string of the molecule is Cc1cc(NC(=O)c2ccc3c(c2)N(C)C2CCCN2C3=O)ccc1F. The molecule has 0 bridgehead atoms. The lowest BCUT2D eigenvalue weighted by molar-refractivity contribution is 0.0719. The zero-order valence-corrected chi connectivity index (χ0v) is 14.8. The van der Waals surface area contributed by atoms with Gasteiger partial charge in [-0.05, 0) is 61.7 Å². The number of nitrogens with zero attached hydrogens (tertiary/aromatic N) is 2. The van der Waals surface area contributed by atoms with Gasteiger partial charge < -0.3 is 15.1 Å². The van der Waals surface area contributed by atoms with E-state index in [1.54, 1.807) is 31.2 Å². The largest absolute Gasteiger partial charge is 0.354 e. The Hall–Kier alpha value is -2.89. The van der Waals surface area contributed by atoms with Gasteiger partial charge in [-0.3, -0.25) is 9.59 Å². The first-order valence-corrected chi connectivity index (χ1v) is 8.71. The molecule has 2 aromatic rings. The molecule has 0 radical (unpaired) electrons. The number of carbonyl (C=O) groups is 2. The normalized spacial score (nSPS) is 18.6. The maximum atomic E-state index is 13.4. The van der Waals surface area contributed by atoms with Gasteiger partial charge in [-0.15, -0.1) is 0 Å². The molecule has 2 aliphatic rings. The number of halogens is 1. The van der Waals surface area contributed by atoms with Crippen LogP contribution in [0.1, 0.15) is 39.1 Å². The number of rotatable bonds is 2. The second-order valence-corrected chi connectivity index (χ2v) is 6.88. The first-order valence-electron chi connectivity index (χ1n) is 8.71. The Labute approximate surface area is 151 Å². The van der Waals surface area contributed by atoms with E-state index in [2.05, 4.69) is 10.2 Å². The fourth-order valence-electron chi connectivity index (χ4n) is 3.78. The summed E-state index contributed by atoms with van der Waals surface area (Å²) in [4.78, 5) is 29.2. The molecule has 26 heavy (non-hydrogen) atoms. The predicted octanol–water partition coefficient (Wildman–Crippen LogP) is 3.40. The Morgan fingerprint density at radius 1 is 1.23 bits per heavy atom. The summed E-state index contributed by atoms with van der Waals surface area (Å²) in [5, 5.41) is 2.79. The zero-order chi connectivity index (χ0) is 18.4. The van der Waals surface area contributed by atoms with Crippen LogP contribution in [0.15, 0.2) is 36.4 Å². The average Bonchev–Trinajstić information content (AvgIpc) is 3.12. The summed E-state index contributed by atoms with van der Waals surface area (Å²) in [6.07, 6.45) is 1.99. The number of nitrogens with one attached hydrogen (secondary N) is 1. The molecule has 0 saturated carbocycles. The Morgan fingerprint density at radius 2 is 2.04 bits per heavy atom. The molecule has 1 fully saturated rings. The third-order valence-electron chi connectivity index (χ3n) is 5.22. The average molecular weight is 353 g/mol. The second-order valence-electron chi connectivity index (χ2n) is 6.88. The van der Waals surface area contributed by atoms with Gasteiger partial charge in [0.1, 0.15) is 12.0 Å². The number of benzene rings is 2. The van der Waals surface area contributed by atoms with Crippen LogP contribution in [0, 0.1) is 12.7 Å². The molecular formula is C20H20FN3O2. The van der Waals surface area contributed by atoms with Crippen molar-refractivity contribution in [1.82, 2.24) is 4.90 Å².